The van der Waals surface area contributed by atoms with E-state index in [1.54, 1.807) is 17.7 Å². The smallest absolute Gasteiger partial charge is 0.340 e. The number of aromatic hydroxyl groups is 1. The van der Waals surface area contributed by atoms with Gasteiger partial charge in [0.2, 0.25) is 5.88 Å². The summed E-state index contributed by atoms with van der Waals surface area (Å²) in [5.41, 5.74) is -0.0537. The molecule has 0 saturated heterocycles. The lowest BCUT2D eigenvalue weighted by Crippen LogP contribution is -2.12. The number of H-pyrrole nitrogens is 1. The minimum Gasteiger partial charge on any atom is -0.493 e. The number of nitrogens with one attached hydrogen (secondary N) is 1. The molecule has 0 bridgehead atoms. The zero-order valence-corrected chi connectivity index (χ0v) is 13.7. The first kappa shape index (κ1) is 17.4. The first-order valence-electron chi connectivity index (χ1n) is 7.55. The maximum atomic E-state index is 11.9. The van der Waals surface area contributed by atoms with Gasteiger partial charge in [0.15, 0.2) is 11.5 Å². The van der Waals surface area contributed by atoms with Crippen LogP contribution in [0.5, 0.6) is 5.88 Å². The first-order chi connectivity index (χ1) is 11.5. The van der Waals surface area contributed by atoms with Crippen molar-refractivity contribution in [2.24, 2.45) is 10.2 Å². The van der Waals surface area contributed by atoms with Gasteiger partial charge in [0.25, 0.3) is 5.56 Å². The summed E-state index contributed by atoms with van der Waals surface area (Å²) in [5.74, 6) is -0.985. The van der Waals surface area contributed by atoms with Crippen LogP contribution in [0.25, 0.3) is 0 Å². The van der Waals surface area contributed by atoms with E-state index in [-0.39, 0.29) is 17.9 Å². The highest BCUT2D eigenvalue weighted by Crippen LogP contribution is 2.29. The summed E-state index contributed by atoms with van der Waals surface area (Å²) in [7, 11) is 0. The molecule has 0 aliphatic heterocycles. The van der Waals surface area contributed by atoms with Crippen LogP contribution in [0.1, 0.15) is 36.3 Å². The van der Waals surface area contributed by atoms with E-state index < -0.39 is 17.4 Å². The average molecular weight is 333 g/mol. The summed E-state index contributed by atoms with van der Waals surface area (Å²) in [6.45, 7) is 6.44. The molecule has 2 aromatic rings. The molecule has 0 aliphatic rings. The molecule has 24 heavy (non-hydrogen) atoms. The molecule has 9 nitrogen and oxygen atoms in total. The summed E-state index contributed by atoms with van der Waals surface area (Å²) < 4.78 is 6.65. The van der Waals surface area contributed by atoms with Gasteiger partial charge < -0.3 is 9.84 Å². The number of nitrogens with zero attached hydrogens (tertiary/aromatic N) is 4. The average Bonchev–Trinajstić information content (AvgIpc) is 2.86. The van der Waals surface area contributed by atoms with E-state index in [1.807, 2.05) is 13.8 Å². The third kappa shape index (κ3) is 3.86. The predicted octanol–water partition coefficient (Wildman–Crippen LogP) is 2.59. The van der Waals surface area contributed by atoms with Gasteiger partial charge in [0.05, 0.1) is 12.2 Å². The lowest BCUT2D eigenvalue weighted by Gasteiger charge is -2.05. The second-order valence-corrected chi connectivity index (χ2v) is 5.03. The molecule has 0 unspecified atom stereocenters. The molecule has 0 aliphatic carbocycles. The van der Waals surface area contributed by atoms with E-state index in [2.05, 4.69) is 20.3 Å². The van der Waals surface area contributed by atoms with Crippen molar-refractivity contribution in [1.29, 1.82) is 0 Å². The third-order valence-electron chi connectivity index (χ3n) is 3.15. The molecule has 0 radical (unpaired) electrons. The number of hydrogen-bond donors (Lipinski definition) is 2. The molecule has 0 saturated carbocycles. The molecule has 0 amide bonds. The van der Waals surface area contributed by atoms with Gasteiger partial charge in [0.1, 0.15) is 0 Å². The van der Waals surface area contributed by atoms with Crippen LogP contribution in [0, 0.1) is 6.92 Å². The van der Waals surface area contributed by atoms with Gasteiger partial charge in [-0.2, -0.15) is 5.10 Å². The number of pyridine rings is 1. The van der Waals surface area contributed by atoms with Gasteiger partial charge >= 0.3 is 5.97 Å². The number of aromatic amines is 1. The number of azo groups is 1. The Bertz CT molecular complexity index is 822. The van der Waals surface area contributed by atoms with Crippen molar-refractivity contribution < 1.29 is 14.6 Å². The Labute approximate surface area is 138 Å². The maximum Gasteiger partial charge on any atom is 0.340 e. The number of hydrogen-bond acceptors (Lipinski definition) is 7. The number of carbonyl (C=O) groups is 1. The Kier molecular flexibility index (Phi) is 5.46. The highest BCUT2D eigenvalue weighted by Gasteiger charge is 2.18. The third-order valence-corrected chi connectivity index (χ3v) is 3.15. The van der Waals surface area contributed by atoms with Crippen LogP contribution in [-0.2, 0) is 11.3 Å². The Hall–Kier alpha value is -2.97. The summed E-state index contributed by atoms with van der Waals surface area (Å²) in [4.78, 5) is 25.5. The topological polar surface area (TPSA) is 122 Å². The van der Waals surface area contributed by atoms with E-state index >= 15 is 0 Å². The van der Waals surface area contributed by atoms with Crippen LogP contribution in [0.4, 0.5) is 11.5 Å². The molecule has 2 heterocycles. The van der Waals surface area contributed by atoms with Crippen molar-refractivity contribution in [3.8, 4) is 5.88 Å². The van der Waals surface area contributed by atoms with Crippen LogP contribution in [0.3, 0.4) is 0 Å². The van der Waals surface area contributed by atoms with E-state index in [0.717, 1.165) is 24.7 Å². The number of rotatable bonds is 6. The quantitative estimate of drug-likeness (QED) is 0.621. The summed E-state index contributed by atoms with van der Waals surface area (Å²) in [5, 5.41) is 21.9. The highest BCUT2D eigenvalue weighted by molar-refractivity contribution is 5.95. The Balaban J connectivity index is 2.39. The number of esters is 1. The molecule has 2 aromatic heterocycles. The van der Waals surface area contributed by atoms with Crippen molar-refractivity contribution in [3.63, 3.8) is 0 Å². The minimum absolute atomic E-state index is 0.129. The molecular weight excluding hydrogens is 314 g/mol. The van der Waals surface area contributed by atoms with Crippen LogP contribution < -0.4 is 5.56 Å². The summed E-state index contributed by atoms with van der Waals surface area (Å²) in [6, 6.07) is 2.74. The van der Waals surface area contributed by atoms with Crippen LogP contribution >= 0.6 is 0 Å². The standard InChI is InChI=1S/C15H19N5O4/c1-4-6-20-9(3)7-11(19-20)17-18-13-10(15(23)24-5-2)8-12(21)16-14(13)22/h7-8H,4-6H2,1-3H3,(H2,16,21,22). The van der Waals surface area contributed by atoms with Crippen molar-refractivity contribution in [2.45, 2.75) is 33.7 Å². The summed E-state index contributed by atoms with van der Waals surface area (Å²) >= 11 is 0. The lowest BCUT2D eigenvalue weighted by molar-refractivity contribution is 0.0526. The number of aromatic nitrogens is 3. The van der Waals surface area contributed by atoms with Gasteiger partial charge in [-0.3, -0.25) is 14.5 Å². The zero-order valence-electron chi connectivity index (χ0n) is 13.7. The molecule has 0 atom stereocenters. The molecule has 0 aromatic carbocycles. The molecule has 128 valence electrons. The fourth-order valence-corrected chi connectivity index (χ4v) is 2.09. The molecule has 0 fully saturated rings. The molecular formula is C15H19N5O4. The fraction of sp³-hybridized carbons (Fsp3) is 0.400. The number of ether oxygens (including phenoxy) is 1. The van der Waals surface area contributed by atoms with Gasteiger partial charge in [-0.1, -0.05) is 6.92 Å². The SMILES string of the molecule is CCCn1nc(N=Nc2c(C(=O)OCC)cc(=O)[nH]c2O)cc1C. The van der Waals surface area contributed by atoms with E-state index in [1.165, 1.54) is 0 Å². The van der Waals surface area contributed by atoms with Gasteiger partial charge in [-0.05, 0) is 20.3 Å². The van der Waals surface area contributed by atoms with Gasteiger partial charge in [0, 0.05) is 24.4 Å². The molecule has 0 spiro atoms. The fourth-order valence-electron chi connectivity index (χ4n) is 2.09. The van der Waals surface area contributed by atoms with E-state index in [4.69, 9.17) is 4.74 Å². The van der Waals surface area contributed by atoms with Crippen LogP contribution in [0.15, 0.2) is 27.2 Å². The second-order valence-electron chi connectivity index (χ2n) is 5.03. The minimum atomic E-state index is -0.763. The first-order valence-corrected chi connectivity index (χ1v) is 7.55. The monoisotopic (exact) mass is 333 g/mol. The van der Waals surface area contributed by atoms with E-state index in [9.17, 15) is 14.7 Å². The lowest BCUT2D eigenvalue weighted by atomic mass is 10.2. The summed E-state index contributed by atoms with van der Waals surface area (Å²) in [6.07, 6.45) is 0.923. The molecule has 2 N–H and O–H groups in total. The largest absolute Gasteiger partial charge is 0.493 e. The van der Waals surface area contributed by atoms with Crippen molar-refractivity contribution in [3.05, 3.63) is 33.7 Å². The molecule has 9 heteroatoms. The number of carbonyl (C=O) groups excluding carboxylic acids is 1. The van der Waals surface area contributed by atoms with Crippen LogP contribution in [0.2, 0.25) is 0 Å². The van der Waals surface area contributed by atoms with E-state index in [0.29, 0.717) is 5.82 Å². The normalized spacial score (nSPS) is 11.1. The van der Waals surface area contributed by atoms with Gasteiger partial charge in [-0.25, -0.2) is 4.79 Å². The van der Waals surface area contributed by atoms with Crippen molar-refractivity contribution >= 4 is 17.5 Å². The maximum absolute atomic E-state index is 11.9. The molecule has 2 rings (SSSR count). The number of aryl methyl sites for hydroxylation is 2. The highest BCUT2D eigenvalue weighted by atomic mass is 16.5. The Morgan fingerprint density at radius 3 is 2.79 bits per heavy atom. The Morgan fingerprint density at radius 2 is 2.12 bits per heavy atom. The second kappa shape index (κ2) is 7.53. The van der Waals surface area contributed by atoms with Crippen LogP contribution in [-0.4, -0.2) is 32.4 Å². The predicted molar refractivity (Wildman–Crippen MR) is 86.1 cm³/mol. The Morgan fingerprint density at radius 1 is 1.38 bits per heavy atom. The van der Waals surface area contributed by atoms with Crippen molar-refractivity contribution in [1.82, 2.24) is 14.8 Å². The van der Waals surface area contributed by atoms with Crippen molar-refractivity contribution in [2.75, 3.05) is 6.61 Å². The zero-order chi connectivity index (χ0) is 17.7. The van der Waals surface area contributed by atoms with Gasteiger partial charge in [-0.15, -0.1) is 10.2 Å².